The van der Waals surface area contributed by atoms with E-state index in [1.807, 2.05) is 18.7 Å². The van der Waals surface area contributed by atoms with Gasteiger partial charge in [-0.25, -0.2) is 0 Å². The summed E-state index contributed by atoms with van der Waals surface area (Å²) in [6.45, 7) is 5.49. The summed E-state index contributed by atoms with van der Waals surface area (Å²) < 4.78 is 23.1. The normalized spacial score (nSPS) is 19.2. The van der Waals surface area contributed by atoms with E-state index in [9.17, 15) is 5.26 Å². The van der Waals surface area contributed by atoms with E-state index in [-0.39, 0.29) is 30.4 Å². The van der Waals surface area contributed by atoms with E-state index >= 15 is 0 Å². The van der Waals surface area contributed by atoms with Gasteiger partial charge in [0.05, 0.1) is 12.2 Å². The first-order valence-electron chi connectivity index (χ1n) is 9.30. The SMILES string of the molecule is CC1CN(c2oc(-c3ccc(COc4ccc(Cl)cc4)o3)nc2C#N)CC(C)O1. The lowest BCUT2D eigenvalue weighted by atomic mass is 10.2. The molecule has 0 spiro atoms. The number of nitrogens with zero attached hydrogens (tertiary/aromatic N) is 3. The molecule has 29 heavy (non-hydrogen) atoms. The second kappa shape index (κ2) is 8.19. The van der Waals surface area contributed by atoms with Crippen molar-refractivity contribution >= 4 is 17.5 Å². The Morgan fingerprint density at radius 3 is 2.55 bits per heavy atom. The summed E-state index contributed by atoms with van der Waals surface area (Å²) in [5.41, 5.74) is 0.233. The van der Waals surface area contributed by atoms with Gasteiger partial charge in [0.25, 0.3) is 5.89 Å². The summed E-state index contributed by atoms with van der Waals surface area (Å²) in [6, 6.07) is 12.7. The van der Waals surface area contributed by atoms with Crippen molar-refractivity contribution in [3.05, 3.63) is 52.9 Å². The maximum absolute atomic E-state index is 9.49. The standard InChI is InChI=1S/C21H20ClN3O4/c1-13-10-25(11-14(2)27-13)21-18(9-23)24-20(29-21)19-8-7-17(28-19)12-26-16-5-3-15(22)4-6-16/h3-8,13-14H,10-12H2,1-2H3. The van der Waals surface area contributed by atoms with Crippen LogP contribution in [0.5, 0.6) is 5.75 Å². The van der Waals surface area contributed by atoms with Crippen LogP contribution in [-0.4, -0.2) is 30.3 Å². The molecule has 0 amide bonds. The molecule has 7 nitrogen and oxygen atoms in total. The quantitative estimate of drug-likeness (QED) is 0.601. The molecular weight excluding hydrogens is 394 g/mol. The molecule has 0 N–H and O–H groups in total. The third-order valence-electron chi connectivity index (χ3n) is 4.49. The van der Waals surface area contributed by atoms with Crippen molar-refractivity contribution in [2.45, 2.75) is 32.7 Å². The molecule has 2 aromatic heterocycles. The van der Waals surface area contributed by atoms with Gasteiger partial charge in [-0.3, -0.25) is 0 Å². The second-order valence-electron chi connectivity index (χ2n) is 6.96. The Hall–Kier alpha value is -2.95. The van der Waals surface area contributed by atoms with Crippen LogP contribution >= 0.6 is 11.6 Å². The lowest BCUT2D eigenvalue weighted by molar-refractivity contribution is -0.00639. The van der Waals surface area contributed by atoms with E-state index in [1.165, 1.54) is 0 Å². The molecule has 2 unspecified atom stereocenters. The lowest BCUT2D eigenvalue weighted by Crippen LogP contribution is -2.45. The van der Waals surface area contributed by atoms with Crippen molar-refractivity contribution in [1.82, 2.24) is 4.98 Å². The molecule has 8 heteroatoms. The maximum Gasteiger partial charge on any atom is 0.266 e. The van der Waals surface area contributed by atoms with E-state index in [2.05, 4.69) is 11.1 Å². The molecule has 1 saturated heterocycles. The molecule has 1 aliphatic rings. The lowest BCUT2D eigenvalue weighted by Gasteiger charge is -2.34. The van der Waals surface area contributed by atoms with Gasteiger partial charge in [-0.05, 0) is 50.2 Å². The first-order valence-corrected chi connectivity index (χ1v) is 9.68. The van der Waals surface area contributed by atoms with Gasteiger partial charge in [0.2, 0.25) is 11.6 Å². The van der Waals surface area contributed by atoms with Gasteiger partial charge in [-0.15, -0.1) is 0 Å². The summed E-state index contributed by atoms with van der Waals surface area (Å²) in [5.74, 6) is 2.45. The average molecular weight is 414 g/mol. The van der Waals surface area contributed by atoms with Gasteiger partial charge in [-0.2, -0.15) is 10.2 Å². The number of ether oxygens (including phenoxy) is 2. The van der Waals surface area contributed by atoms with Crippen molar-refractivity contribution in [3.63, 3.8) is 0 Å². The maximum atomic E-state index is 9.49. The van der Waals surface area contributed by atoms with Crippen LogP contribution in [0.2, 0.25) is 5.02 Å². The Labute approximate surface area is 173 Å². The van der Waals surface area contributed by atoms with Gasteiger partial charge >= 0.3 is 0 Å². The molecular formula is C21H20ClN3O4. The monoisotopic (exact) mass is 413 g/mol. The minimum absolute atomic E-state index is 0.0408. The Balaban J connectivity index is 1.50. The second-order valence-corrected chi connectivity index (χ2v) is 7.39. The van der Waals surface area contributed by atoms with Gasteiger partial charge in [0, 0.05) is 18.1 Å². The van der Waals surface area contributed by atoms with Gasteiger partial charge in [-0.1, -0.05) is 11.6 Å². The fourth-order valence-electron chi connectivity index (χ4n) is 3.30. The number of halogens is 1. The topological polar surface area (TPSA) is 84.7 Å². The first-order chi connectivity index (χ1) is 14.0. The summed E-state index contributed by atoms with van der Waals surface area (Å²) >= 11 is 5.87. The molecule has 0 bridgehead atoms. The fraction of sp³-hybridized carbons (Fsp3) is 0.333. The highest BCUT2D eigenvalue weighted by Crippen LogP contribution is 2.31. The number of hydrogen-bond donors (Lipinski definition) is 0. The molecule has 0 aliphatic carbocycles. The predicted molar refractivity (Wildman–Crippen MR) is 107 cm³/mol. The van der Waals surface area contributed by atoms with E-state index in [1.54, 1.807) is 36.4 Å². The van der Waals surface area contributed by atoms with Crippen LogP contribution in [0.4, 0.5) is 5.88 Å². The number of furan rings is 1. The van der Waals surface area contributed by atoms with Crippen LogP contribution in [0.1, 0.15) is 25.3 Å². The van der Waals surface area contributed by atoms with Gasteiger partial charge in [0.1, 0.15) is 24.2 Å². The van der Waals surface area contributed by atoms with Gasteiger partial charge < -0.3 is 23.2 Å². The number of hydrogen-bond acceptors (Lipinski definition) is 7. The summed E-state index contributed by atoms with van der Waals surface area (Å²) in [7, 11) is 0. The summed E-state index contributed by atoms with van der Waals surface area (Å²) in [4.78, 5) is 6.29. The number of nitriles is 1. The Kier molecular flexibility index (Phi) is 5.47. The van der Waals surface area contributed by atoms with Crippen molar-refractivity contribution < 1.29 is 18.3 Å². The zero-order valence-electron chi connectivity index (χ0n) is 16.1. The fourth-order valence-corrected chi connectivity index (χ4v) is 3.43. The van der Waals surface area contributed by atoms with Gasteiger partial charge in [0.15, 0.2) is 5.76 Å². The first kappa shape index (κ1) is 19.4. The van der Waals surface area contributed by atoms with Crippen molar-refractivity contribution in [2.24, 2.45) is 0 Å². The Morgan fingerprint density at radius 1 is 1.14 bits per heavy atom. The Morgan fingerprint density at radius 2 is 1.86 bits per heavy atom. The molecule has 2 atom stereocenters. The highest BCUT2D eigenvalue weighted by atomic mass is 35.5. The number of oxazole rings is 1. The zero-order valence-corrected chi connectivity index (χ0v) is 16.8. The van der Waals surface area contributed by atoms with E-state index < -0.39 is 0 Å². The van der Waals surface area contributed by atoms with Crippen molar-refractivity contribution in [1.29, 1.82) is 5.26 Å². The molecule has 3 heterocycles. The largest absolute Gasteiger partial charge is 0.486 e. The molecule has 0 saturated carbocycles. The van der Waals surface area contributed by atoms with Crippen LogP contribution in [0.3, 0.4) is 0 Å². The van der Waals surface area contributed by atoms with Crippen molar-refractivity contribution in [2.75, 3.05) is 18.0 Å². The number of morpholine rings is 1. The van der Waals surface area contributed by atoms with E-state index in [4.69, 9.17) is 29.9 Å². The predicted octanol–water partition coefficient (Wildman–Crippen LogP) is 4.65. The third-order valence-corrected chi connectivity index (χ3v) is 4.74. The van der Waals surface area contributed by atoms with Crippen LogP contribution in [0.15, 0.2) is 45.2 Å². The molecule has 150 valence electrons. The molecule has 3 aromatic rings. The van der Waals surface area contributed by atoms with Crippen molar-refractivity contribution in [3.8, 4) is 23.5 Å². The van der Waals surface area contributed by atoms with Crippen LogP contribution < -0.4 is 9.64 Å². The molecule has 4 rings (SSSR count). The molecule has 0 radical (unpaired) electrons. The van der Waals surface area contributed by atoms with E-state index in [0.29, 0.717) is 41.3 Å². The zero-order chi connectivity index (χ0) is 20.4. The molecule has 1 aliphatic heterocycles. The van der Waals surface area contributed by atoms with E-state index in [0.717, 1.165) is 0 Å². The molecule has 1 aromatic carbocycles. The highest BCUT2D eigenvalue weighted by Gasteiger charge is 2.28. The average Bonchev–Trinajstić information content (AvgIpc) is 3.33. The number of benzene rings is 1. The molecule has 1 fully saturated rings. The van der Waals surface area contributed by atoms with Crippen LogP contribution in [-0.2, 0) is 11.3 Å². The summed E-state index contributed by atoms with van der Waals surface area (Å²) in [6.07, 6.45) is 0.0816. The number of rotatable bonds is 5. The minimum Gasteiger partial charge on any atom is -0.486 e. The van der Waals surface area contributed by atoms with Crippen LogP contribution in [0.25, 0.3) is 11.7 Å². The Bertz CT molecular complexity index is 1010. The number of aromatic nitrogens is 1. The third kappa shape index (κ3) is 4.39. The highest BCUT2D eigenvalue weighted by molar-refractivity contribution is 6.30. The summed E-state index contributed by atoms with van der Waals surface area (Å²) in [5, 5.41) is 10.1. The van der Waals surface area contributed by atoms with Crippen LogP contribution in [0, 0.1) is 11.3 Å². The smallest absolute Gasteiger partial charge is 0.266 e. The number of anilines is 1. The minimum atomic E-state index is 0.0408.